The molecule has 6 aromatic rings. The van der Waals surface area contributed by atoms with Gasteiger partial charge in [-0.3, -0.25) is 0 Å². The summed E-state index contributed by atoms with van der Waals surface area (Å²) in [5, 5.41) is 24.1. The van der Waals surface area contributed by atoms with Crippen LogP contribution in [0.15, 0.2) is 20.6 Å². The number of H-pyrrole nitrogens is 1. The number of piperidine rings is 3. The summed E-state index contributed by atoms with van der Waals surface area (Å²) in [6.07, 6.45) is 24.1. The first-order chi connectivity index (χ1) is 54.4. The number of sulfone groups is 1. The second-order valence-corrected chi connectivity index (χ2v) is 55.3. The molecular weight excluding hydrogens is 1640 g/mol. The highest BCUT2D eigenvalue weighted by atomic mass is 35.5. The van der Waals surface area contributed by atoms with Gasteiger partial charge in [-0.15, -0.1) is 15.3 Å². The van der Waals surface area contributed by atoms with Gasteiger partial charge in [-0.2, -0.15) is 27.9 Å². The van der Waals surface area contributed by atoms with E-state index < -0.39 is 61.2 Å². The summed E-state index contributed by atoms with van der Waals surface area (Å²) >= 11 is 20.0. The molecule has 115 heavy (non-hydrogen) atoms. The van der Waals surface area contributed by atoms with E-state index in [4.69, 9.17) is 50.0 Å². The third-order valence-corrected chi connectivity index (χ3v) is 36.0. The third kappa shape index (κ3) is 20.4. The van der Waals surface area contributed by atoms with Crippen molar-refractivity contribution in [3.05, 3.63) is 81.8 Å². The van der Waals surface area contributed by atoms with Crippen LogP contribution in [0.3, 0.4) is 0 Å². The van der Waals surface area contributed by atoms with Gasteiger partial charge in [0.25, 0.3) is 45.5 Å². The lowest BCUT2D eigenvalue weighted by molar-refractivity contribution is 0.0708. The maximum atomic E-state index is 13.7. The van der Waals surface area contributed by atoms with E-state index >= 15 is 0 Å². The molecule has 0 radical (unpaired) electrons. The largest absolute Gasteiger partial charge is 0.398 e. The molecule has 9 aliphatic rings. The van der Waals surface area contributed by atoms with Crippen LogP contribution >= 0.6 is 34.8 Å². The number of fused-ring (bicyclic) bond motifs is 6. The average molecular weight is 1760 g/mol. The van der Waals surface area contributed by atoms with Crippen molar-refractivity contribution in [2.45, 2.75) is 271 Å². The summed E-state index contributed by atoms with van der Waals surface area (Å²) in [5.41, 5.74) is 24.7. The lowest BCUT2D eigenvalue weighted by atomic mass is 9.98. The van der Waals surface area contributed by atoms with Gasteiger partial charge in [-0.05, 0) is 282 Å². The number of anilines is 5. The van der Waals surface area contributed by atoms with Gasteiger partial charge in [0.2, 0.25) is 26.9 Å². The monoisotopic (exact) mass is 1760 g/mol. The highest BCUT2D eigenvalue weighted by Crippen LogP contribution is 2.48. The molecule has 15 rings (SSSR count). The number of nitrogens with zero attached hydrogens (tertiary/aromatic N) is 14. The zero-order valence-corrected chi connectivity index (χ0v) is 77.3. The SMILES string of the molecule is CCCS(=O)(=O)c1nc(S(=O)(=O)N2CCC(N(C)C)CC2)nn1COCC[Si](C)(C)C.CN(C)C1CCN(S(=O)(=O)c2nc(Nc3c4c(c(Cl)c5c3CCC5)CCC4)n(COCC[Si](C)(C)C)n2)CC1.CN(C)C1CCN(S(=O)(=O)c2nc(Nc3c4c(c(Cl)c5c3CCC5)CCC4)n[nH]2)CC1.Nc1c2c(c(Cl)c3c1CCC3)CCC2. The number of ether oxygens (including phenoxy) is 2. The number of hydrogen-bond donors (Lipinski definition) is 4. The highest BCUT2D eigenvalue weighted by molar-refractivity contribution is 7.91. The molecule has 3 fully saturated rings. The fraction of sp³-hybridized carbons (Fsp3) is 0.692. The molecule has 3 aliphatic heterocycles. The maximum absolute atomic E-state index is 13.7. The zero-order chi connectivity index (χ0) is 82.9. The van der Waals surface area contributed by atoms with Crippen molar-refractivity contribution in [1.82, 2.24) is 72.3 Å². The summed E-state index contributed by atoms with van der Waals surface area (Å²) in [6.45, 7) is 19.0. The van der Waals surface area contributed by atoms with Gasteiger partial charge in [0.05, 0.1) is 5.75 Å². The molecule has 0 bridgehead atoms. The molecule has 3 aromatic carbocycles. The van der Waals surface area contributed by atoms with E-state index in [-0.39, 0.29) is 34.7 Å². The minimum atomic E-state index is -3.98. The van der Waals surface area contributed by atoms with Crippen LogP contribution in [0.4, 0.5) is 29.0 Å². The van der Waals surface area contributed by atoms with Crippen LogP contribution in [0.1, 0.15) is 157 Å². The number of nitrogens with one attached hydrogen (secondary N) is 3. The number of nitrogen functional groups attached to an aromatic ring is 1. The van der Waals surface area contributed by atoms with Crippen molar-refractivity contribution in [2.24, 2.45) is 0 Å². The Labute approximate surface area is 699 Å². The van der Waals surface area contributed by atoms with E-state index in [1.165, 1.54) is 92.5 Å². The number of halogens is 3. The van der Waals surface area contributed by atoms with Crippen LogP contribution in [-0.2, 0) is 140 Å². The van der Waals surface area contributed by atoms with Crippen molar-refractivity contribution >= 4 is 120 Å². The molecule has 0 spiro atoms. The number of aromatic nitrogens is 9. The van der Waals surface area contributed by atoms with Crippen LogP contribution in [0.25, 0.3) is 0 Å². The van der Waals surface area contributed by atoms with E-state index in [0.29, 0.717) is 102 Å². The van der Waals surface area contributed by atoms with Gasteiger partial charge >= 0.3 is 0 Å². The predicted molar refractivity (Wildman–Crippen MR) is 461 cm³/mol. The predicted octanol–water partition coefficient (Wildman–Crippen LogP) is 12.0. The first kappa shape index (κ1) is 89.5. The Hall–Kier alpha value is -4.74. The van der Waals surface area contributed by atoms with Crippen LogP contribution in [-0.4, -0.2) is 241 Å². The zero-order valence-electron chi connectivity index (χ0n) is 69.8. The number of sulfonamides is 3. The molecule has 6 heterocycles. The van der Waals surface area contributed by atoms with Crippen molar-refractivity contribution in [1.29, 1.82) is 0 Å². The number of nitrogens with two attached hydrogens (primary N) is 1. The molecule has 3 aromatic heterocycles. The summed E-state index contributed by atoms with van der Waals surface area (Å²) < 4.78 is 124. The van der Waals surface area contributed by atoms with Crippen LogP contribution < -0.4 is 16.4 Å². The third-order valence-electron chi connectivity index (χ3n) is 24.3. The molecule has 6 aliphatic carbocycles. The highest BCUT2D eigenvalue weighted by Gasteiger charge is 2.40. The Morgan fingerprint density at radius 1 is 0.461 bits per heavy atom. The smallest absolute Gasteiger partial charge is 0.284 e. The van der Waals surface area contributed by atoms with Gasteiger partial charge in [-0.25, -0.2) is 48.1 Å². The topological polar surface area (TPSA) is 328 Å². The Balaban J connectivity index is 0.000000147. The number of rotatable bonds is 26. The standard InChI is InChI=1S/C27H43ClN6O3SSi.C21H29ClN6O2S.C18H37N5O5S2Si.C12H14ClN/c1-32(2)19-12-14-33(15-13-19)38(35,36)27-30-26(34(31-27)18-37-16-17-39(3,4)5)29-25-22-10-6-8-20(22)24(28)21-9-7-11-23(21)25;1-27(2)13-9-11-28(12-10-13)31(29,30)21-24-20(25-26-21)23-19-16-7-3-5-14(16)18(22)15-6-4-8-17(15)19;1-7-13-29(24,25)18-19-17(20-23(18)15-28-12-14-31(4,5)6)30(26,27)22-10-8-16(9-11-22)21(2)3;13-11-7-3-1-5-9(7)12(14)10-6-2-4-8(10)11/h19H,6-18H2,1-5H3,(H,29,30,31);13H,3-12H2,1-2H3,(H2,23,24,25,26);16H,7-15H2,1-6H3;1-6,14H2. The van der Waals surface area contributed by atoms with Crippen molar-refractivity contribution < 1.29 is 43.1 Å². The molecular formula is C78H123Cl3N18O10S4Si2. The second-order valence-electron chi connectivity index (χ2n) is 35.4. The summed E-state index contributed by atoms with van der Waals surface area (Å²) in [4.78, 5) is 19.3. The van der Waals surface area contributed by atoms with Gasteiger partial charge in [0.1, 0.15) is 13.5 Å². The van der Waals surface area contributed by atoms with Gasteiger partial charge in [0, 0.05) is 119 Å². The number of benzene rings is 3. The molecule has 37 heteroatoms. The minimum absolute atomic E-state index is 0.0967. The molecule has 638 valence electrons. The fourth-order valence-electron chi connectivity index (χ4n) is 17.6. The molecule has 0 atom stereocenters. The lowest BCUT2D eigenvalue weighted by Crippen LogP contribution is -2.44. The summed E-state index contributed by atoms with van der Waals surface area (Å²) in [6, 6.07) is 3.04. The quantitative estimate of drug-likeness (QED) is 0.0223. The van der Waals surface area contributed by atoms with E-state index in [0.717, 1.165) is 177 Å². The molecule has 0 saturated carbocycles. The van der Waals surface area contributed by atoms with Crippen LogP contribution in [0, 0.1) is 0 Å². The summed E-state index contributed by atoms with van der Waals surface area (Å²) in [5.74, 6) is 0.580. The lowest BCUT2D eigenvalue weighted by Gasteiger charge is -2.33. The molecule has 0 unspecified atom stereocenters. The van der Waals surface area contributed by atoms with Gasteiger partial charge in [0.15, 0.2) is 0 Å². The van der Waals surface area contributed by atoms with Crippen molar-refractivity contribution in [3.8, 4) is 0 Å². The fourth-order valence-corrected chi connectivity index (χ4v) is 25.7. The average Bonchev–Trinajstić information content (AvgIpc) is 1.61. The van der Waals surface area contributed by atoms with Gasteiger partial charge < -0.3 is 40.5 Å². The van der Waals surface area contributed by atoms with E-state index in [2.05, 4.69) is 100.0 Å². The Kier molecular flexibility index (Phi) is 29.0. The minimum Gasteiger partial charge on any atom is -0.398 e. The van der Waals surface area contributed by atoms with Crippen molar-refractivity contribution in [3.63, 3.8) is 0 Å². The molecule has 3 saturated heterocycles. The number of hydrogen-bond acceptors (Lipinski definition) is 22. The Morgan fingerprint density at radius 2 is 0.791 bits per heavy atom. The summed E-state index contributed by atoms with van der Waals surface area (Å²) in [7, 11) is -5.73. The van der Waals surface area contributed by atoms with Crippen LogP contribution in [0.2, 0.25) is 66.4 Å². The van der Waals surface area contributed by atoms with E-state index in [1.54, 1.807) is 11.6 Å². The van der Waals surface area contributed by atoms with E-state index in [1.807, 2.05) is 42.3 Å². The Morgan fingerprint density at radius 3 is 1.17 bits per heavy atom. The number of aromatic amines is 1. The van der Waals surface area contributed by atoms with E-state index in [9.17, 15) is 33.7 Å². The normalized spacial score (nSPS) is 18.6. The van der Waals surface area contributed by atoms with Crippen LogP contribution in [0.5, 0.6) is 0 Å². The van der Waals surface area contributed by atoms with Crippen molar-refractivity contribution in [2.75, 3.05) is 117 Å². The first-order valence-corrected chi connectivity index (χ1v) is 55.9. The first-order valence-electron chi connectivity index (χ1n) is 41.4. The maximum Gasteiger partial charge on any atom is 0.284 e. The molecule has 0 amide bonds. The van der Waals surface area contributed by atoms with Gasteiger partial charge in [-0.1, -0.05) is 81.0 Å². The second kappa shape index (κ2) is 37.3. The molecule has 5 N–H and O–H groups in total. The molecule has 28 nitrogen and oxygen atoms in total. The Bertz CT molecular complexity index is 4810.